The van der Waals surface area contributed by atoms with E-state index in [2.05, 4.69) is 14.9 Å². The average molecular weight is 368 g/mol. The number of benzene rings is 1. The molecule has 0 aliphatic carbocycles. The number of carbonyl (C=O) groups excluding carboxylic acids is 1. The molecule has 0 fully saturated rings. The van der Waals surface area contributed by atoms with E-state index in [1.165, 1.54) is 12.1 Å². The molecule has 0 saturated carbocycles. The van der Waals surface area contributed by atoms with E-state index in [-0.39, 0.29) is 34.5 Å². The largest absolute Gasteiger partial charge is 0.573 e. The number of aromatic nitrogens is 2. The van der Waals surface area contributed by atoms with Crippen LogP contribution in [0.5, 0.6) is 11.5 Å². The van der Waals surface area contributed by atoms with Crippen molar-refractivity contribution in [3.63, 3.8) is 0 Å². The summed E-state index contributed by atoms with van der Waals surface area (Å²) in [6, 6.07) is 4.96. The number of nitrogens with zero attached hydrogens (tertiary/aromatic N) is 2. The Morgan fingerprint density at radius 3 is 2.81 bits per heavy atom. The third-order valence-corrected chi connectivity index (χ3v) is 3.30. The summed E-state index contributed by atoms with van der Waals surface area (Å²) in [5, 5.41) is 14.1. The Labute approximate surface area is 143 Å². The molecule has 3 rings (SSSR count). The fraction of sp³-hybridized carbons (Fsp3) is 0.188. The molecule has 2 heterocycles. The van der Waals surface area contributed by atoms with Gasteiger partial charge in [-0.05, 0) is 19.1 Å². The second-order valence-corrected chi connectivity index (χ2v) is 5.02. The van der Waals surface area contributed by atoms with E-state index in [4.69, 9.17) is 9.26 Å². The number of hydrogen-bond acceptors (Lipinski definition) is 7. The maximum Gasteiger partial charge on any atom is 0.573 e. The first kappa shape index (κ1) is 17.5. The summed E-state index contributed by atoms with van der Waals surface area (Å²) >= 11 is 0. The van der Waals surface area contributed by atoms with Crippen molar-refractivity contribution in [3.05, 3.63) is 36.2 Å². The topological polar surface area (TPSA) is 94.7 Å². The molecule has 0 radical (unpaired) electrons. The number of carbonyl (C=O) groups is 1. The van der Waals surface area contributed by atoms with Crippen molar-refractivity contribution in [3.8, 4) is 22.8 Å². The Hall–Kier alpha value is -3.30. The van der Waals surface area contributed by atoms with Crippen LogP contribution in [-0.4, -0.2) is 34.2 Å². The number of pyridine rings is 1. The number of ether oxygens (including phenoxy) is 2. The van der Waals surface area contributed by atoms with Crippen molar-refractivity contribution in [2.75, 3.05) is 6.61 Å². The van der Waals surface area contributed by atoms with Crippen molar-refractivity contribution in [1.82, 2.24) is 10.1 Å². The van der Waals surface area contributed by atoms with Gasteiger partial charge in [0.25, 0.3) is 0 Å². The average Bonchev–Trinajstić information content (AvgIpc) is 2.99. The molecule has 0 aliphatic heterocycles. The Morgan fingerprint density at radius 2 is 2.12 bits per heavy atom. The molecule has 7 nitrogen and oxygen atoms in total. The molecule has 0 amide bonds. The van der Waals surface area contributed by atoms with E-state index >= 15 is 0 Å². The highest BCUT2D eigenvalue weighted by molar-refractivity contribution is 6.02. The number of alkyl halides is 3. The van der Waals surface area contributed by atoms with Gasteiger partial charge < -0.3 is 19.1 Å². The van der Waals surface area contributed by atoms with Crippen LogP contribution in [0, 0.1) is 0 Å². The molecule has 10 heteroatoms. The van der Waals surface area contributed by atoms with Crippen LogP contribution in [0.3, 0.4) is 0 Å². The summed E-state index contributed by atoms with van der Waals surface area (Å²) in [4.78, 5) is 15.6. The van der Waals surface area contributed by atoms with Crippen LogP contribution in [0.2, 0.25) is 0 Å². The predicted molar refractivity (Wildman–Crippen MR) is 81.5 cm³/mol. The minimum absolute atomic E-state index is 0.0206. The lowest BCUT2D eigenvalue weighted by Crippen LogP contribution is -2.17. The van der Waals surface area contributed by atoms with E-state index in [0.717, 1.165) is 18.3 Å². The Kier molecular flexibility index (Phi) is 4.41. The Morgan fingerprint density at radius 1 is 1.35 bits per heavy atom. The van der Waals surface area contributed by atoms with Gasteiger partial charge in [0, 0.05) is 5.56 Å². The van der Waals surface area contributed by atoms with E-state index < -0.39 is 23.8 Å². The molecule has 0 atom stereocenters. The van der Waals surface area contributed by atoms with Crippen molar-refractivity contribution in [1.29, 1.82) is 0 Å². The molecule has 1 aromatic carbocycles. The third-order valence-electron chi connectivity index (χ3n) is 3.30. The van der Waals surface area contributed by atoms with Crippen molar-refractivity contribution in [2.45, 2.75) is 13.3 Å². The summed E-state index contributed by atoms with van der Waals surface area (Å²) < 4.78 is 50.9. The van der Waals surface area contributed by atoms with Crippen LogP contribution < -0.4 is 4.74 Å². The molecule has 3 aromatic rings. The van der Waals surface area contributed by atoms with Gasteiger partial charge in [-0.1, -0.05) is 17.3 Å². The molecule has 0 aliphatic rings. The zero-order chi connectivity index (χ0) is 18.9. The number of halogens is 3. The van der Waals surface area contributed by atoms with Crippen LogP contribution in [0.15, 0.2) is 35.0 Å². The standard InChI is InChI=1S/C16H11F3N2O5/c1-2-24-15(23)13-14(22)11-10(7-20-13)26-21-12(11)8-4-3-5-9(6-8)25-16(17,18)19/h3-7,22H,2H2,1H3. The number of fused-ring (bicyclic) bond motifs is 1. The van der Waals surface area contributed by atoms with Crippen LogP contribution >= 0.6 is 0 Å². The summed E-state index contributed by atoms with van der Waals surface area (Å²) in [6.45, 7) is 1.66. The zero-order valence-electron chi connectivity index (χ0n) is 13.2. The Balaban J connectivity index is 2.10. The SMILES string of the molecule is CCOC(=O)c1ncc2onc(-c3cccc(OC(F)(F)F)c3)c2c1O. The normalized spacial score (nSPS) is 11.5. The minimum atomic E-state index is -4.85. The monoisotopic (exact) mass is 368 g/mol. The van der Waals surface area contributed by atoms with Gasteiger partial charge in [-0.2, -0.15) is 0 Å². The molecular formula is C16H11F3N2O5. The maximum absolute atomic E-state index is 12.4. The zero-order valence-corrected chi connectivity index (χ0v) is 13.2. The molecule has 2 aromatic heterocycles. The first-order valence-corrected chi connectivity index (χ1v) is 7.30. The number of hydrogen-bond donors (Lipinski definition) is 1. The van der Waals surface area contributed by atoms with Gasteiger partial charge in [0.1, 0.15) is 11.4 Å². The van der Waals surface area contributed by atoms with Crippen LogP contribution in [0.25, 0.3) is 22.2 Å². The summed E-state index contributed by atoms with van der Waals surface area (Å²) in [5.41, 5.74) is -0.0981. The molecule has 0 bridgehead atoms. The van der Waals surface area contributed by atoms with Gasteiger partial charge in [-0.25, -0.2) is 9.78 Å². The lowest BCUT2D eigenvalue weighted by Gasteiger charge is -2.09. The highest BCUT2D eigenvalue weighted by Crippen LogP contribution is 2.37. The number of esters is 1. The van der Waals surface area contributed by atoms with Crippen molar-refractivity contribution < 1.29 is 37.1 Å². The smallest absolute Gasteiger partial charge is 0.505 e. The third kappa shape index (κ3) is 3.39. The van der Waals surface area contributed by atoms with E-state index in [9.17, 15) is 23.1 Å². The van der Waals surface area contributed by atoms with Crippen LogP contribution in [0.1, 0.15) is 17.4 Å². The fourth-order valence-corrected chi connectivity index (χ4v) is 2.31. The fourth-order valence-electron chi connectivity index (χ4n) is 2.31. The molecule has 1 N–H and O–H groups in total. The second-order valence-electron chi connectivity index (χ2n) is 5.02. The van der Waals surface area contributed by atoms with Gasteiger partial charge in [0.05, 0.1) is 18.2 Å². The lowest BCUT2D eigenvalue weighted by atomic mass is 10.1. The quantitative estimate of drug-likeness (QED) is 0.702. The van der Waals surface area contributed by atoms with Gasteiger partial charge in [-0.3, -0.25) is 0 Å². The minimum Gasteiger partial charge on any atom is -0.505 e. The number of aromatic hydroxyl groups is 1. The van der Waals surface area contributed by atoms with Crippen LogP contribution in [0.4, 0.5) is 13.2 Å². The van der Waals surface area contributed by atoms with Crippen molar-refractivity contribution >= 4 is 16.9 Å². The number of rotatable bonds is 4. The van der Waals surface area contributed by atoms with Gasteiger partial charge >= 0.3 is 12.3 Å². The van der Waals surface area contributed by atoms with Gasteiger partial charge in [-0.15, -0.1) is 13.2 Å². The summed E-state index contributed by atoms with van der Waals surface area (Å²) in [5.74, 6) is -1.86. The highest BCUT2D eigenvalue weighted by atomic mass is 19.4. The predicted octanol–water partition coefficient (Wildman–Crippen LogP) is 3.67. The van der Waals surface area contributed by atoms with Crippen molar-refractivity contribution in [2.24, 2.45) is 0 Å². The highest BCUT2D eigenvalue weighted by Gasteiger charge is 2.31. The second kappa shape index (κ2) is 6.54. The lowest BCUT2D eigenvalue weighted by molar-refractivity contribution is -0.274. The van der Waals surface area contributed by atoms with E-state index in [1.807, 2.05) is 0 Å². The first-order valence-electron chi connectivity index (χ1n) is 7.30. The molecule has 0 unspecified atom stereocenters. The molecule has 136 valence electrons. The maximum atomic E-state index is 12.4. The van der Waals surface area contributed by atoms with E-state index in [0.29, 0.717) is 0 Å². The molecule has 0 saturated heterocycles. The summed E-state index contributed by atoms with van der Waals surface area (Å²) in [6.07, 6.45) is -3.69. The van der Waals surface area contributed by atoms with Gasteiger partial charge in [0.15, 0.2) is 17.0 Å². The molecule has 0 spiro atoms. The molecular weight excluding hydrogens is 357 g/mol. The van der Waals surface area contributed by atoms with Crippen LogP contribution in [-0.2, 0) is 4.74 Å². The van der Waals surface area contributed by atoms with E-state index in [1.54, 1.807) is 6.92 Å². The molecule has 26 heavy (non-hydrogen) atoms. The summed E-state index contributed by atoms with van der Waals surface area (Å²) in [7, 11) is 0. The Bertz CT molecular complexity index is 968. The van der Waals surface area contributed by atoms with Gasteiger partial charge in [0.2, 0.25) is 0 Å². The first-order chi connectivity index (χ1) is 12.3.